The average molecular weight is 215 g/mol. The number of nitrogens with zero attached hydrogens (tertiary/aromatic N) is 1. The first kappa shape index (κ1) is 14.2. The van der Waals surface area contributed by atoms with Crippen molar-refractivity contribution in [1.82, 2.24) is 5.32 Å². The van der Waals surface area contributed by atoms with Crippen molar-refractivity contribution in [2.24, 2.45) is 22.2 Å². The van der Waals surface area contributed by atoms with Crippen LogP contribution in [0.5, 0.6) is 0 Å². The minimum Gasteiger partial charge on any atom is -0.409 e. The van der Waals surface area contributed by atoms with Crippen molar-refractivity contribution >= 4 is 5.84 Å². The number of oxime groups is 1. The standard InChI is InChI=1S/C11H25N3O/c1-8(11(3,4)5)7-13-9(2)6-10(12)14-15/h8-9,13,15H,6-7H2,1-5H3,(H2,12,14). The van der Waals surface area contributed by atoms with E-state index >= 15 is 0 Å². The maximum atomic E-state index is 8.43. The maximum Gasteiger partial charge on any atom is 0.140 e. The molecule has 0 radical (unpaired) electrons. The second kappa shape index (κ2) is 5.95. The molecule has 0 amide bonds. The van der Waals surface area contributed by atoms with Gasteiger partial charge in [0.2, 0.25) is 0 Å². The van der Waals surface area contributed by atoms with Crippen LogP contribution in [0.25, 0.3) is 0 Å². The molecule has 0 aromatic rings. The molecule has 0 aliphatic heterocycles. The highest BCUT2D eigenvalue weighted by Crippen LogP contribution is 2.24. The summed E-state index contributed by atoms with van der Waals surface area (Å²) >= 11 is 0. The molecule has 15 heavy (non-hydrogen) atoms. The molecule has 2 unspecified atom stereocenters. The van der Waals surface area contributed by atoms with Gasteiger partial charge in [-0.05, 0) is 24.8 Å². The van der Waals surface area contributed by atoms with Crippen LogP contribution in [0.15, 0.2) is 5.16 Å². The monoisotopic (exact) mass is 215 g/mol. The Labute approximate surface area is 92.9 Å². The fourth-order valence-corrected chi connectivity index (χ4v) is 1.11. The number of nitrogens with two attached hydrogens (primary N) is 1. The number of amidine groups is 1. The third-order valence-electron chi connectivity index (χ3n) is 2.89. The third-order valence-corrected chi connectivity index (χ3v) is 2.89. The van der Waals surface area contributed by atoms with Crippen molar-refractivity contribution < 1.29 is 5.21 Å². The normalized spacial score (nSPS) is 17.5. The Balaban J connectivity index is 3.86. The molecule has 0 aromatic carbocycles. The lowest BCUT2D eigenvalue weighted by atomic mass is 9.82. The van der Waals surface area contributed by atoms with E-state index in [0.29, 0.717) is 17.8 Å². The van der Waals surface area contributed by atoms with E-state index in [4.69, 9.17) is 10.9 Å². The molecule has 0 rings (SSSR count). The Hall–Kier alpha value is -0.770. The van der Waals surface area contributed by atoms with Gasteiger partial charge in [-0.25, -0.2) is 0 Å². The van der Waals surface area contributed by atoms with E-state index in [1.807, 2.05) is 6.92 Å². The summed E-state index contributed by atoms with van der Waals surface area (Å²) < 4.78 is 0. The van der Waals surface area contributed by atoms with E-state index in [-0.39, 0.29) is 11.9 Å². The molecule has 4 heteroatoms. The molecule has 4 N–H and O–H groups in total. The van der Waals surface area contributed by atoms with E-state index in [0.717, 1.165) is 6.54 Å². The van der Waals surface area contributed by atoms with Gasteiger partial charge in [0.05, 0.1) is 0 Å². The van der Waals surface area contributed by atoms with Gasteiger partial charge in [-0.2, -0.15) is 0 Å². The predicted octanol–water partition coefficient (Wildman–Crippen LogP) is 1.78. The van der Waals surface area contributed by atoms with Crippen molar-refractivity contribution in [2.75, 3.05) is 6.54 Å². The molecule has 0 spiro atoms. The fourth-order valence-electron chi connectivity index (χ4n) is 1.11. The van der Waals surface area contributed by atoms with Crippen LogP contribution in [-0.2, 0) is 0 Å². The summed E-state index contributed by atoms with van der Waals surface area (Å²) in [5.74, 6) is 0.866. The third kappa shape index (κ3) is 6.33. The minimum absolute atomic E-state index is 0.241. The molecule has 0 aliphatic carbocycles. The molecule has 0 saturated heterocycles. The summed E-state index contributed by atoms with van der Waals surface area (Å²) in [6.45, 7) is 11.9. The fraction of sp³-hybridized carbons (Fsp3) is 0.909. The number of nitrogens with one attached hydrogen (secondary N) is 1. The largest absolute Gasteiger partial charge is 0.409 e. The van der Waals surface area contributed by atoms with Crippen molar-refractivity contribution in [3.8, 4) is 0 Å². The molecule has 0 fully saturated rings. The first-order valence-corrected chi connectivity index (χ1v) is 5.47. The second-order valence-corrected chi connectivity index (χ2v) is 5.37. The zero-order valence-corrected chi connectivity index (χ0v) is 10.5. The zero-order valence-electron chi connectivity index (χ0n) is 10.5. The van der Waals surface area contributed by atoms with Gasteiger partial charge in [0.25, 0.3) is 0 Å². The molecule has 0 aliphatic rings. The van der Waals surface area contributed by atoms with Crippen molar-refractivity contribution in [2.45, 2.75) is 47.1 Å². The minimum atomic E-state index is 0.241. The summed E-state index contributed by atoms with van der Waals surface area (Å²) in [5.41, 5.74) is 5.73. The molecule has 90 valence electrons. The van der Waals surface area contributed by atoms with E-state index in [9.17, 15) is 0 Å². The maximum absolute atomic E-state index is 8.43. The van der Waals surface area contributed by atoms with Crippen LogP contribution < -0.4 is 11.1 Å². The van der Waals surface area contributed by atoms with Crippen molar-refractivity contribution in [3.05, 3.63) is 0 Å². The molecular weight excluding hydrogens is 190 g/mol. The lowest BCUT2D eigenvalue weighted by molar-refractivity contribution is 0.247. The van der Waals surface area contributed by atoms with Gasteiger partial charge in [0.15, 0.2) is 0 Å². The van der Waals surface area contributed by atoms with E-state index < -0.39 is 0 Å². The Bertz CT molecular complexity index is 208. The Kier molecular flexibility index (Phi) is 5.65. The van der Waals surface area contributed by atoms with Gasteiger partial charge in [-0.3, -0.25) is 0 Å². The van der Waals surface area contributed by atoms with Gasteiger partial charge in [0, 0.05) is 12.5 Å². The summed E-state index contributed by atoms with van der Waals surface area (Å²) in [5, 5.41) is 14.8. The molecule has 0 bridgehead atoms. The highest BCUT2D eigenvalue weighted by atomic mass is 16.4. The average Bonchev–Trinajstić information content (AvgIpc) is 2.12. The highest BCUT2D eigenvalue weighted by Gasteiger charge is 2.20. The molecule has 0 heterocycles. The number of hydrogen-bond donors (Lipinski definition) is 3. The van der Waals surface area contributed by atoms with Crippen LogP contribution in [-0.4, -0.2) is 23.6 Å². The summed E-state index contributed by atoms with van der Waals surface area (Å²) in [6.07, 6.45) is 0.577. The summed E-state index contributed by atoms with van der Waals surface area (Å²) in [6, 6.07) is 0.241. The van der Waals surface area contributed by atoms with E-state index in [1.165, 1.54) is 0 Å². The Morgan fingerprint density at radius 3 is 2.33 bits per heavy atom. The SMILES string of the molecule is CC(CC(N)=NO)NCC(C)C(C)(C)C. The van der Waals surface area contributed by atoms with E-state index in [2.05, 4.69) is 38.2 Å². The zero-order chi connectivity index (χ0) is 12.1. The molecule has 0 aromatic heterocycles. The van der Waals surface area contributed by atoms with Crippen LogP contribution in [0.1, 0.15) is 41.0 Å². The Morgan fingerprint density at radius 2 is 1.93 bits per heavy atom. The highest BCUT2D eigenvalue weighted by molar-refractivity contribution is 5.80. The topological polar surface area (TPSA) is 70.6 Å². The molecule has 0 saturated carbocycles. The van der Waals surface area contributed by atoms with Crippen LogP contribution >= 0.6 is 0 Å². The van der Waals surface area contributed by atoms with Crippen LogP contribution in [0.3, 0.4) is 0 Å². The van der Waals surface area contributed by atoms with Gasteiger partial charge in [-0.15, -0.1) is 0 Å². The smallest absolute Gasteiger partial charge is 0.140 e. The first-order valence-electron chi connectivity index (χ1n) is 5.47. The quantitative estimate of drug-likeness (QED) is 0.283. The molecule has 2 atom stereocenters. The van der Waals surface area contributed by atoms with Gasteiger partial charge in [-0.1, -0.05) is 32.9 Å². The van der Waals surface area contributed by atoms with Gasteiger partial charge >= 0.3 is 0 Å². The van der Waals surface area contributed by atoms with Crippen molar-refractivity contribution in [3.63, 3.8) is 0 Å². The van der Waals surface area contributed by atoms with E-state index in [1.54, 1.807) is 0 Å². The lowest BCUT2D eigenvalue weighted by Gasteiger charge is -2.28. The lowest BCUT2D eigenvalue weighted by Crippen LogP contribution is -2.37. The summed E-state index contributed by atoms with van der Waals surface area (Å²) in [7, 11) is 0. The summed E-state index contributed by atoms with van der Waals surface area (Å²) in [4.78, 5) is 0. The molecule has 4 nitrogen and oxygen atoms in total. The predicted molar refractivity (Wildman–Crippen MR) is 64.1 cm³/mol. The number of hydrogen-bond acceptors (Lipinski definition) is 3. The van der Waals surface area contributed by atoms with Crippen LogP contribution in [0.2, 0.25) is 0 Å². The Morgan fingerprint density at radius 1 is 1.40 bits per heavy atom. The molecular formula is C11H25N3O. The van der Waals surface area contributed by atoms with Gasteiger partial charge < -0.3 is 16.3 Å². The second-order valence-electron chi connectivity index (χ2n) is 5.37. The first-order chi connectivity index (χ1) is 6.77. The van der Waals surface area contributed by atoms with Gasteiger partial charge in [0.1, 0.15) is 5.84 Å². The van der Waals surface area contributed by atoms with Crippen LogP contribution in [0, 0.1) is 11.3 Å². The number of rotatable bonds is 5. The van der Waals surface area contributed by atoms with Crippen LogP contribution in [0.4, 0.5) is 0 Å². The van der Waals surface area contributed by atoms with Crippen molar-refractivity contribution in [1.29, 1.82) is 0 Å².